The zero-order chi connectivity index (χ0) is 18.7. The summed E-state index contributed by atoms with van der Waals surface area (Å²) in [7, 11) is 0. The minimum Gasteiger partial charge on any atom is -0.378 e. The highest BCUT2D eigenvalue weighted by Crippen LogP contribution is 2.23. The number of likely N-dealkylation sites (tertiary alicyclic amines) is 1. The van der Waals surface area contributed by atoms with Crippen LogP contribution in [0.25, 0.3) is 0 Å². The third-order valence-corrected chi connectivity index (χ3v) is 5.29. The quantitative estimate of drug-likeness (QED) is 0.818. The number of carbonyl (C=O) groups excluding carboxylic acids is 2. The second kappa shape index (κ2) is 8.20. The molecule has 7 nitrogen and oxygen atoms in total. The lowest BCUT2D eigenvalue weighted by Gasteiger charge is -2.36. The van der Waals surface area contributed by atoms with Crippen LogP contribution in [0.2, 0.25) is 0 Å². The molecule has 0 bridgehead atoms. The first-order valence-electron chi connectivity index (χ1n) is 9.74. The smallest absolute Gasteiger partial charge is 0.272 e. The average Bonchev–Trinajstić information content (AvgIpc) is 3.12. The molecule has 26 heavy (non-hydrogen) atoms. The van der Waals surface area contributed by atoms with E-state index in [0.29, 0.717) is 51.6 Å². The molecule has 2 amide bonds. The number of amides is 2. The van der Waals surface area contributed by atoms with Gasteiger partial charge in [0.2, 0.25) is 5.91 Å². The molecule has 1 atom stereocenters. The molecule has 3 heterocycles. The molecule has 0 spiro atoms. The highest BCUT2D eigenvalue weighted by atomic mass is 16.5. The van der Waals surface area contributed by atoms with Crippen LogP contribution < -0.4 is 0 Å². The molecule has 0 saturated carbocycles. The fourth-order valence-electron chi connectivity index (χ4n) is 3.70. The number of piperidine rings is 1. The molecule has 0 N–H and O–H groups in total. The van der Waals surface area contributed by atoms with E-state index in [-0.39, 0.29) is 23.7 Å². The molecule has 0 unspecified atom stereocenters. The van der Waals surface area contributed by atoms with Gasteiger partial charge in [0.15, 0.2) is 0 Å². The summed E-state index contributed by atoms with van der Waals surface area (Å²) >= 11 is 0. The molecule has 1 aromatic heterocycles. The SMILES string of the molecule is CCn1nc(C(C)C)cc1C(=O)N1CCC[C@@H](C(=O)N2CCOCC2)C1. The van der Waals surface area contributed by atoms with E-state index in [9.17, 15) is 9.59 Å². The summed E-state index contributed by atoms with van der Waals surface area (Å²) in [6.45, 7) is 10.5. The Morgan fingerprint density at radius 3 is 2.62 bits per heavy atom. The summed E-state index contributed by atoms with van der Waals surface area (Å²) in [5, 5.41) is 4.55. The van der Waals surface area contributed by atoms with E-state index in [2.05, 4.69) is 18.9 Å². The van der Waals surface area contributed by atoms with Crippen LogP contribution in [0.5, 0.6) is 0 Å². The zero-order valence-electron chi connectivity index (χ0n) is 16.1. The van der Waals surface area contributed by atoms with E-state index in [1.165, 1.54) is 0 Å². The van der Waals surface area contributed by atoms with Gasteiger partial charge in [0, 0.05) is 32.7 Å². The van der Waals surface area contributed by atoms with Crippen LogP contribution in [0.3, 0.4) is 0 Å². The molecular formula is C19H30N4O3. The number of hydrogen-bond donors (Lipinski definition) is 0. The van der Waals surface area contributed by atoms with Crippen molar-refractivity contribution in [1.82, 2.24) is 19.6 Å². The van der Waals surface area contributed by atoms with Crippen molar-refractivity contribution >= 4 is 11.8 Å². The molecule has 144 valence electrons. The van der Waals surface area contributed by atoms with E-state index < -0.39 is 0 Å². The van der Waals surface area contributed by atoms with Gasteiger partial charge in [-0.3, -0.25) is 14.3 Å². The number of hydrogen-bond acceptors (Lipinski definition) is 4. The lowest BCUT2D eigenvalue weighted by molar-refractivity contribution is -0.141. The van der Waals surface area contributed by atoms with Crippen molar-refractivity contribution in [2.24, 2.45) is 5.92 Å². The van der Waals surface area contributed by atoms with Crippen LogP contribution in [0.4, 0.5) is 0 Å². The molecule has 0 aromatic carbocycles. The van der Waals surface area contributed by atoms with Gasteiger partial charge >= 0.3 is 0 Å². The Hall–Kier alpha value is -1.89. The summed E-state index contributed by atoms with van der Waals surface area (Å²) in [5.41, 5.74) is 1.57. The van der Waals surface area contributed by atoms with Gasteiger partial charge in [0.25, 0.3) is 5.91 Å². The molecule has 7 heteroatoms. The number of aromatic nitrogens is 2. The van der Waals surface area contributed by atoms with Crippen molar-refractivity contribution in [2.75, 3.05) is 39.4 Å². The molecule has 2 fully saturated rings. The highest BCUT2D eigenvalue weighted by molar-refractivity contribution is 5.93. The normalized spacial score (nSPS) is 21.3. The van der Waals surface area contributed by atoms with E-state index in [1.807, 2.05) is 22.8 Å². The second-order valence-corrected chi connectivity index (χ2v) is 7.45. The van der Waals surface area contributed by atoms with E-state index >= 15 is 0 Å². The first-order valence-corrected chi connectivity index (χ1v) is 9.74. The van der Waals surface area contributed by atoms with E-state index in [1.54, 1.807) is 4.68 Å². The van der Waals surface area contributed by atoms with Crippen molar-refractivity contribution in [3.63, 3.8) is 0 Å². The maximum atomic E-state index is 13.1. The molecule has 2 aliphatic heterocycles. The largest absolute Gasteiger partial charge is 0.378 e. The first-order chi connectivity index (χ1) is 12.5. The first kappa shape index (κ1) is 18.9. The van der Waals surface area contributed by atoms with E-state index in [0.717, 1.165) is 18.5 Å². The summed E-state index contributed by atoms with van der Waals surface area (Å²) in [5.74, 6) is 0.336. The monoisotopic (exact) mass is 362 g/mol. The summed E-state index contributed by atoms with van der Waals surface area (Å²) < 4.78 is 7.12. The number of carbonyl (C=O) groups is 2. The third kappa shape index (κ3) is 3.92. The molecular weight excluding hydrogens is 332 g/mol. The van der Waals surface area contributed by atoms with Crippen LogP contribution in [-0.4, -0.2) is 70.8 Å². The van der Waals surface area contributed by atoms with Crippen LogP contribution in [0.1, 0.15) is 55.7 Å². The molecule has 0 radical (unpaired) electrons. The van der Waals surface area contributed by atoms with Gasteiger partial charge in [0.05, 0.1) is 24.8 Å². The van der Waals surface area contributed by atoms with Gasteiger partial charge in [-0.2, -0.15) is 5.10 Å². The van der Waals surface area contributed by atoms with Crippen LogP contribution in [-0.2, 0) is 16.1 Å². The number of ether oxygens (including phenoxy) is 1. The van der Waals surface area contributed by atoms with Gasteiger partial charge in [-0.15, -0.1) is 0 Å². The molecule has 3 rings (SSSR count). The van der Waals surface area contributed by atoms with E-state index in [4.69, 9.17) is 4.74 Å². The Morgan fingerprint density at radius 1 is 1.23 bits per heavy atom. The standard InChI is InChI=1S/C19H30N4O3/c1-4-23-17(12-16(20-23)14(2)3)19(25)22-7-5-6-15(13-22)18(24)21-8-10-26-11-9-21/h12,14-15H,4-11,13H2,1-3H3/t15-/m1/s1. The Labute approximate surface area is 155 Å². The van der Waals surface area contributed by atoms with Crippen molar-refractivity contribution in [3.8, 4) is 0 Å². The molecule has 1 aromatic rings. The maximum Gasteiger partial charge on any atom is 0.272 e. The number of aryl methyl sites for hydroxylation is 1. The van der Waals surface area contributed by atoms with Gasteiger partial charge in [-0.05, 0) is 31.7 Å². The summed E-state index contributed by atoms with van der Waals surface area (Å²) in [6.07, 6.45) is 1.72. The Balaban J connectivity index is 1.71. The number of rotatable bonds is 4. The summed E-state index contributed by atoms with van der Waals surface area (Å²) in [4.78, 5) is 29.6. The van der Waals surface area contributed by atoms with Crippen molar-refractivity contribution in [3.05, 3.63) is 17.5 Å². The minimum absolute atomic E-state index is 0.00859. The topological polar surface area (TPSA) is 67.7 Å². The van der Waals surface area contributed by atoms with Crippen molar-refractivity contribution < 1.29 is 14.3 Å². The van der Waals surface area contributed by atoms with Gasteiger partial charge < -0.3 is 14.5 Å². The summed E-state index contributed by atoms with van der Waals surface area (Å²) in [6, 6.07) is 1.91. The second-order valence-electron chi connectivity index (χ2n) is 7.45. The zero-order valence-corrected chi connectivity index (χ0v) is 16.1. The lowest BCUT2D eigenvalue weighted by Crippen LogP contribution is -2.49. The molecule has 0 aliphatic carbocycles. The van der Waals surface area contributed by atoms with Crippen LogP contribution in [0, 0.1) is 5.92 Å². The van der Waals surface area contributed by atoms with Crippen LogP contribution >= 0.6 is 0 Å². The number of nitrogens with zero attached hydrogens (tertiary/aromatic N) is 4. The lowest BCUT2D eigenvalue weighted by atomic mass is 9.96. The molecule has 2 aliphatic rings. The van der Waals surface area contributed by atoms with Gasteiger partial charge in [0.1, 0.15) is 5.69 Å². The molecule has 2 saturated heterocycles. The Bertz CT molecular complexity index is 649. The fourth-order valence-corrected chi connectivity index (χ4v) is 3.70. The predicted octanol–water partition coefficient (Wildman–Crippen LogP) is 1.74. The third-order valence-electron chi connectivity index (χ3n) is 5.29. The van der Waals surface area contributed by atoms with Crippen molar-refractivity contribution in [2.45, 2.75) is 46.1 Å². The highest BCUT2D eigenvalue weighted by Gasteiger charge is 2.33. The fraction of sp³-hybridized carbons (Fsp3) is 0.737. The average molecular weight is 362 g/mol. The van der Waals surface area contributed by atoms with Gasteiger partial charge in [-0.25, -0.2) is 0 Å². The predicted molar refractivity (Wildman–Crippen MR) is 98.0 cm³/mol. The Kier molecular flexibility index (Phi) is 5.96. The maximum absolute atomic E-state index is 13.1. The Morgan fingerprint density at radius 2 is 1.96 bits per heavy atom. The minimum atomic E-state index is -0.103. The number of morpholine rings is 1. The van der Waals surface area contributed by atoms with Gasteiger partial charge in [-0.1, -0.05) is 13.8 Å². The van der Waals surface area contributed by atoms with Crippen LogP contribution in [0.15, 0.2) is 6.07 Å². The van der Waals surface area contributed by atoms with Crippen molar-refractivity contribution in [1.29, 1.82) is 0 Å².